The summed E-state index contributed by atoms with van der Waals surface area (Å²) in [5, 5.41) is 5.97. The number of imidazole rings is 1. The number of nitrogens with zero attached hydrogens (tertiary/aromatic N) is 1. The summed E-state index contributed by atoms with van der Waals surface area (Å²) < 4.78 is 1.30. The number of rotatable bonds is 0. The third-order valence-corrected chi connectivity index (χ3v) is 3.94. The van der Waals surface area contributed by atoms with Crippen LogP contribution in [0.2, 0.25) is 0 Å². The highest BCUT2D eigenvalue weighted by Crippen LogP contribution is 2.35. The molecule has 0 amide bonds. The van der Waals surface area contributed by atoms with E-state index in [0.29, 0.717) is 0 Å². The molecule has 2 aromatic carbocycles. The number of nitrogens with one attached hydrogen (secondary N) is 1. The van der Waals surface area contributed by atoms with Crippen molar-refractivity contribution in [2.24, 2.45) is 0 Å². The summed E-state index contributed by atoms with van der Waals surface area (Å²) in [5.41, 5.74) is 2.23. The first-order valence-electron chi connectivity index (χ1n) is 5.16. The van der Waals surface area contributed by atoms with Crippen molar-refractivity contribution in [1.82, 2.24) is 9.97 Å². The molecule has 0 aliphatic rings. The highest BCUT2D eigenvalue weighted by Gasteiger charge is 2.10. The van der Waals surface area contributed by atoms with Gasteiger partial charge >= 0.3 is 0 Å². The number of aromatic nitrogens is 2. The summed E-state index contributed by atoms with van der Waals surface area (Å²) >= 11 is 1.77. The third kappa shape index (κ3) is 0.888. The van der Waals surface area contributed by atoms with Gasteiger partial charge in [0.15, 0.2) is 0 Å². The average molecular weight is 224 g/mol. The molecule has 0 fully saturated rings. The van der Waals surface area contributed by atoms with Crippen LogP contribution >= 0.6 is 11.3 Å². The van der Waals surface area contributed by atoms with E-state index >= 15 is 0 Å². The van der Waals surface area contributed by atoms with Crippen molar-refractivity contribution in [3.63, 3.8) is 0 Å². The van der Waals surface area contributed by atoms with Crippen molar-refractivity contribution >= 4 is 43.2 Å². The predicted octanol–water partition coefficient (Wildman–Crippen LogP) is 3.93. The molecular formula is C13H8N2S. The fourth-order valence-electron chi connectivity index (χ4n) is 2.31. The van der Waals surface area contributed by atoms with Gasteiger partial charge in [-0.1, -0.05) is 24.3 Å². The number of thiophene rings is 1. The molecule has 16 heavy (non-hydrogen) atoms. The minimum atomic E-state index is 1.07. The third-order valence-electron chi connectivity index (χ3n) is 3.00. The standard InChI is InChI=1S/C13H8N2S/c1-2-4-9-8(3-1)10-5-6-16-13(10)12-11(9)14-7-15-12/h1-7H,(H,14,15). The molecule has 0 saturated heterocycles. The van der Waals surface area contributed by atoms with Crippen LogP contribution in [0.25, 0.3) is 31.9 Å². The van der Waals surface area contributed by atoms with Gasteiger partial charge in [-0.05, 0) is 16.8 Å². The Hall–Kier alpha value is -1.87. The van der Waals surface area contributed by atoms with Gasteiger partial charge in [0.1, 0.15) is 0 Å². The zero-order valence-electron chi connectivity index (χ0n) is 8.40. The highest BCUT2D eigenvalue weighted by atomic mass is 32.1. The Bertz CT molecular complexity index is 741. The van der Waals surface area contributed by atoms with Gasteiger partial charge in [-0.2, -0.15) is 0 Å². The molecule has 76 valence electrons. The van der Waals surface area contributed by atoms with Gasteiger partial charge in [-0.15, -0.1) is 11.3 Å². The lowest BCUT2D eigenvalue weighted by Crippen LogP contribution is -1.77. The van der Waals surface area contributed by atoms with Gasteiger partial charge in [0, 0.05) is 10.8 Å². The van der Waals surface area contributed by atoms with Crippen molar-refractivity contribution in [2.75, 3.05) is 0 Å². The van der Waals surface area contributed by atoms with Crippen LogP contribution in [-0.2, 0) is 0 Å². The first-order valence-corrected chi connectivity index (χ1v) is 6.04. The second-order valence-electron chi connectivity index (χ2n) is 3.84. The molecule has 0 aliphatic carbocycles. The normalized spacial score (nSPS) is 11.8. The summed E-state index contributed by atoms with van der Waals surface area (Å²) in [6.45, 7) is 0. The number of H-pyrrole nitrogens is 1. The lowest BCUT2D eigenvalue weighted by molar-refractivity contribution is 1.35. The van der Waals surface area contributed by atoms with Crippen LogP contribution in [0, 0.1) is 0 Å². The quantitative estimate of drug-likeness (QED) is 0.481. The molecule has 2 heterocycles. The van der Waals surface area contributed by atoms with E-state index in [2.05, 4.69) is 45.7 Å². The van der Waals surface area contributed by atoms with E-state index in [4.69, 9.17) is 0 Å². The Morgan fingerprint density at radius 3 is 2.81 bits per heavy atom. The molecule has 4 rings (SSSR count). The molecular weight excluding hydrogens is 216 g/mol. The van der Waals surface area contributed by atoms with Crippen LogP contribution in [0.3, 0.4) is 0 Å². The van der Waals surface area contributed by atoms with Crippen LogP contribution in [0.5, 0.6) is 0 Å². The van der Waals surface area contributed by atoms with Crippen LogP contribution < -0.4 is 0 Å². The minimum absolute atomic E-state index is 1.07. The summed E-state index contributed by atoms with van der Waals surface area (Å²) in [6, 6.07) is 10.6. The Morgan fingerprint density at radius 1 is 1.00 bits per heavy atom. The lowest BCUT2D eigenvalue weighted by Gasteiger charge is -2.01. The number of benzene rings is 2. The maximum absolute atomic E-state index is 4.43. The van der Waals surface area contributed by atoms with E-state index < -0.39 is 0 Å². The second-order valence-corrected chi connectivity index (χ2v) is 4.75. The monoisotopic (exact) mass is 224 g/mol. The fraction of sp³-hybridized carbons (Fsp3) is 0. The van der Waals surface area contributed by atoms with Gasteiger partial charge in [0.25, 0.3) is 0 Å². The first-order chi connectivity index (χ1) is 7.95. The fourth-order valence-corrected chi connectivity index (χ4v) is 3.23. The van der Waals surface area contributed by atoms with Crippen LogP contribution in [0.4, 0.5) is 0 Å². The zero-order valence-corrected chi connectivity index (χ0v) is 9.21. The maximum Gasteiger partial charge on any atom is 0.0975 e. The minimum Gasteiger partial charge on any atom is -0.343 e. The van der Waals surface area contributed by atoms with Gasteiger partial charge in [-0.25, -0.2) is 4.98 Å². The van der Waals surface area contributed by atoms with Crippen molar-refractivity contribution in [3.8, 4) is 0 Å². The van der Waals surface area contributed by atoms with Gasteiger partial charge in [0.2, 0.25) is 0 Å². The van der Waals surface area contributed by atoms with E-state index in [9.17, 15) is 0 Å². The van der Waals surface area contributed by atoms with Gasteiger partial charge in [0.05, 0.1) is 22.1 Å². The lowest BCUT2D eigenvalue weighted by atomic mass is 10.1. The molecule has 1 N–H and O–H groups in total. The SMILES string of the molecule is c1ccc2c(c1)c1ccsc1c1[nH]cnc21. The zero-order chi connectivity index (χ0) is 10.5. The average Bonchev–Trinajstić information content (AvgIpc) is 2.98. The molecule has 4 aromatic rings. The smallest absolute Gasteiger partial charge is 0.0975 e. The molecule has 3 heteroatoms. The molecule has 2 aromatic heterocycles. The number of aromatic amines is 1. The van der Waals surface area contributed by atoms with E-state index in [0.717, 1.165) is 11.0 Å². The molecule has 2 nitrogen and oxygen atoms in total. The first kappa shape index (κ1) is 8.30. The van der Waals surface area contributed by atoms with E-state index in [-0.39, 0.29) is 0 Å². The van der Waals surface area contributed by atoms with Crippen molar-refractivity contribution in [3.05, 3.63) is 42.0 Å². The molecule has 0 atom stereocenters. The number of hydrogen-bond donors (Lipinski definition) is 1. The maximum atomic E-state index is 4.43. The van der Waals surface area contributed by atoms with Crippen LogP contribution in [0.15, 0.2) is 42.0 Å². The molecule has 0 unspecified atom stereocenters. The molecule has 0 saturated carbocycles. The molecule has 0 spiro atoms. The Balaban J connectivity index is 2.51. The van der Waals surface area contributed by atoms with E-state index in [1.807, 2.05) is 0 Å². The van der Waals surface area contributed by atoms with E-state index in [1.54, 1.807) is 17.7 Å². The summed E-state index contributed by atoms with van der Waals surface area (Å²) in [7, 11) is 0. The number of fused-ring (bicyclic) bond motifs is 6. The number of hydrogen-bond acceptors (Lipinski definition) is 2. The van der Waals surface area contributed by atoms with E-state index in [1.165, 1.54) is 20.9 Å². The van der Waals surface area contributed by atoms with Gasteiger partial charge in [-0.3, -0.25) is 0 Å². The van der Waals surface area contributed by atoms with Crippen LogP contribution in [-0.4, -0.2) is 9.97 Å². The summed E-state index contributed by atoms with van der Waals surface area (Å²) in [6.07, 6.45) is 1.77. The van der Waals surface area contributed by atoms with Crippen LogP contribution in [0.1, 0.15) is 0 Å². The largest absolute Gasteiger partial charge is 0.343 e. The predicted molar refractivity (Wildman–Crippen MR) is 69.0 cm³/mol. The van der Waals surface area contributed by atoms with Crippen molar-refractivity contribution in [1.29, 1.82) is 0 Å². The summed E-state index contributed by atoms with van der Waals surface area (Å²) in [4.78, 5) is 7.67. The van der Waals surface area contributed by atoms with Gasteiger partial charge < -0.3 is 4.98 Å². The highest BCUT2D eigenvalue weighted by molar-refractivity contribution is 7.18. The second kappa shape index (κ2) is 2.83. The Morgan fingerprint density at radius 2 is 1.88 bits per heavy atom. The molecule has 0 bridgehead atoms. The van der Waals surface area contributed by atoms with Crippen molar-refractivity contribution < 1.29 is 0 Å². The molecule has 0 aliphatic heterocycles. The Kier molecular flexibility index (Phi) is 1.47. The topological polar surface area (TPSA) is 28.7 Å². The summed E-state index contributed by atoms with van der Waals surface area (Å²) in [5.74, 6) is 0. The molecule has 0 radical (unpaired) electrons. The Labute approximate surface area is 95.5 Å². The van der Waals surface area contributed by atoms with Crippen molar-refractivity contribution in [2.45, 2.75) is 0 Å².